The molecule has 0 fully saturated rings. The third-order valence-corrected chi connectivity index (χ3v) is 1.17. The van der Waals surface area contributed by atoms with E-state index in [4.69, 9.17) is 0 Å². The molecule has 0 aromatic carbocycles. The number of nitrogens with one attached hydrogen (secondary N) is 2. The minimum Gasteiger partial charge on any atom is -0.312 e. The van der Waals surface area contributed by atoms with Crippen LogP contribution >= 0.6 is 0 Å². The van der Waals surface area contributed by atoms with Gasteiger partial charge in [0.15, 0.2) is 0 Å². The van der Waals surface area contributed by atoms with Crippen molar-refractivity contribution in [1.29, 1.82) is 0 Å². The maximum absolute atomic E-state index is 3.24. The molecule has 0 spiro atoms. The average Bonchev–Trinajstić information content (AvgIpc) is 1.62. The predicted octanol–water partition coefficient (Wildman–Crippen LogP) is -0.265. The van der Waals surface area contributed by atoms with Crippen LogP contribution in [0.3, 0.4) is 0 Å². The lowest BCUT2D eigenvalue weighted by molar-refractivity contribution is 0.654. The molecule has 0 saturated heterocycles. The molecule has 0 bridgehead atoms. The summed E-state index contributed by atoms with van der Waals surface area (Å²) < 4.78 is 0. The van der Waals surface area contributed by atoms with Gasteiger partial charge in [-0.2, -0.15) is 0 Å². The van der Waals surface area contributed by atoms with Crippen LogP contribution in [0, 0.1) is 0 Å². The van der Waals surface area contributed by atoms with Gasteiger partial charge in [0.1, 0.15) is 0 Å². The van der Waals surface area contributed by atoms with Crippen molar-refractivity contribution in [2.24, 2.45) is 0 Å². The zero-order valence-corrected chi connectivity index (χ0v) is 4.98. The molecule has 2 heteroatoms. The van der Waals surface area contributed by atoms with E-state index in [1.807, 2.05) is 0 Å². The highest BCUT2D eigenvalue weighted by Gasteiger charge is 1.86. The maximum Gasteiger partial charge on any atom is 0.0135 e. The topological polar surface area (TPSA) is 24.1 Å². The van der Waals surface area contributed by atoms with Gasteiger partial charge in [-0.05, 0) is 0 Å². The molecule has 0 atom stereocenters. The van der Waals surface area contributed by atoms with E-state index in [0.717, 1.165) is 26.2 Å². The minimum atomic E-state index is 1.03. The Morgan fingerprint density at radius 2 is 1.38 bits per heavy atom. The third kappa shape index (κ3) is 2.09. The highest BCUT2D eigenvalue weighted by atomic mass is 14.9. The van der Waals surface area contributed by atoms with Crippen molar-refractivity contribution >= 4 is 0 Å². The molecule has 0 unspecified atom stereocenters. The number of hydrogen-bond acceptors (Lipinski definition) is 2. The summed E-state index contributed by atoms with van der Waals surface area (Å²) in [6.07, 6.45) is 4.29. The summed E-state index contributed by atoms with van der Waals surface area (Å²) in [4.78, 5) is 0. The zero-order chi connectivity index (χ0) is 5.66. The summed E-state index contributed by atoms with van der Waals surface area (Å²) in [6, 6.07) is 0. The van der Waals surface area contributed by atoms with Gasteiger partial charge in [0.05, 0.1) is 0 Å². The lowest BCUT2D eigenvalue weighted by Gasteiger charge is -2.05. The molecule has 1 aliphatic rings. The van der Waals surface area contributed by atoms with Gasteiger partial charge in [-0.3, -0.25) is 0 Å². The van der Waals surface area contributed by atoms with Crippen LogP contribution in [-0.2, 0) is 0 Å². The Bertz CT molecular complexity index is 68.6. The van der Waals surface area contributed by atoms with Gasteiger partial charge >= 0.3 is 0 Å². The number of hydrogen-bond donors (Lipinski definition) is 2. The molecule has 1 aliphatic heterocycles. The van der Waals surface area contributed by atoms with Gasteiger partial charge in [0.25, 0.3) is 0 Å². The van der Waals surface area contributed by atoms with Crippen molar-refractivity contribution in [2.45, 2.75) is 0 Å². The van der Waals surface area contributed by atoms with E-state index < -0.39 is 0 Å². The SMILES string of the molecule is C1=C/CNCCNC/1. The molecule has 0 aliphatic carbocycles. The first-order valence-electron chi connectivity index (χ1n) is 3.06. The highest BCUT2D eigenvalue weighted by Crippen LogP contribution is 1.72. The Balaban J connectivity index is 2.17. The molecular formula is C6H12N2. The molecule has 1 rings (SSSR count). The summed E-state index contributed by atoms with van der Waals surface area (Å²) in [5.41, 5.74) is 0. The van der Waals surface area contributed by atoms with Crippen LogP contribution in [0.15, 0.2) is 12.2 Å². The second-order valence-electron chi connectivity index (χ2n) is 1.88. The van der Waals surface area contributed by atoms with E-state index in [1.54, 1.807) is 0 Å². The second-order valence-corrected chi connectivity index (χ2v) is 1.88. The van der Waals surface area contributed by atoms with Crippen molar-refractivity contribution in [3.05, 3.63) is 12.2 Å². The van der Waals surface area contributed by atoms with Gasteiger partial charge in [-0.15, -0.1) is 0 Å². The Morgan fingerprint density at radius 3 is 1.88 bits per heavy atom. The van der Waals surface area contributed by atoms with Crippen molar-refractivity contribution < 1.29 is 0 Å². The third-order valence-electron chi connectivity index (χ3n) is 1.17. The minimum absolute atomic E-state index is 1.03. The molecule has 2 N–H and O–H groups in total. The normalized spacial score (nSPS) is 26.0. The van der Waals surface area contributed by atoms with Crippen LogP contribution < -0.4 is 10.6 Å². The van der Waals surface area contributed by atoms with Crippen LogP contribution in [0.4, 0.5) is 0 Å². The number of rotatable bonds is 0. The van der Waals surface area contributed by atoms with E-state index in [1.165, 1.54) is 0 Å². The zero-order valence-electron chi connectivity index (χ0n) is 4.98. The summed E-state index contributed by atoms with van der Waals surface area (Å²) in [5, 5.41) is 6.48. The first kappa shape index (κ1) is 5.79. The van der Waals surface area contributed by atoms with E-state index in [9.17, 15) is 0 Å². The summed E-state index contributed by atoms with van der Waals surface area (Å²) in [5.74, 6) is 0. The van der Waals surface area contributed by atoms with Crippen molar-refractivity contribution in [2.75, 3.05) is 26.2 Å². The molecule has 0 saturated carbocycles. The van der Waals surface area contributed by atoms with E-state index in [0.29, 0.717) is 0 Å². The summed E-state index contributed by atoms with van der Waals surface area (Å²) in [7, 11) is 0. The fourth-order valence-corrected chi connectivity index (χ4v) is 0.714. The van der Waals surface area contributed by atoms with Crippen LogP contribution in [0.25, 0.3) is 0 Å². The summed E-state index contributed by atoms with van der Waals surface area (Å²) in [6.45, 7) is 4.23. The van der Waals surface area contributed by atoms with E-state index >= 15 is 0 Å². The first-order valence-corrected chi connectivity index (χ1v) is 3.06. The Morgan fingerprint density at radius 1 is 0.875 bits per heavy atom. The van der Waals surface area contributed by atoms with Crippen molar-refractivity contribution in [3.63, 3.8) is 0 Å². The fraction of sp³-hybridized carbons (Fsp3) is 0.667. The summed E-state index contributed by atoms with van der Waals surface area (Å²) >= 11 is 0. The molecule has 2 nitrogen and oxygen atoms in total. The molecular weight excluding hydrogens is 100 g/mol. The predicted molar refractivity (Wildman–Crippen MR) is 34.9 cm³/mol. The van der Waals surface area contributed by atoms with Gasteiger partial charge in [0, 0.05) is 26.2 Å². The standard InChI is InChI=1S/C6H12N2/c1-2-4-8-6-5-7-3-1/h1-2,7-8H,3-6H2/b2-1+. The van der Waals surface area contributed by atoms with Crippen LogP contribution in [-0.4, -0.2) is 26.2 Å². The molecule has 0 aromatic heterocycles. The average molecular weight is 112 g/mol. The monoisotopic (exact) mass is 112 g/mol. The van der Waals surface area contributed by atoms with Crippen LogP contribution in [0.2, 0.25) is 0 Å². The lowest BCUT2D eigenvalue weighted by atomic mass is 10.4. The first-order chi connectivity index (χ1) is 4.00. The molecule has 46 valence electrons. The Kier molecular flexibility index (Phi) is 2.63. The smallest absolute Gasteiger partial charge is 0.0135 e. The second kappa shape index (κ2) is 3.64. The molecule has 0 aromatic rings. The largest absolute Gasteiger partial charge is 0.312 e. The van der Waals surface area contributed by atoms with Crippen molar-refractivity contribution in [1.82, 2.24) is 10.6 Å². The molecule has 8 heavy (non-hydrogen) atoms. The Labute approximate surface area is 50.0 Å². The highest BCUT2D eigenvalue weighted by molar-refractivity contribution is 4.87. The Hall–Kier alpha value is -0.340. The quantitative estimate of drug-likeness (QED) is 0.422. The van der Waals surface area contributed by atoms with E-state index in [-0.39, 0.29) is 0 Å². The lowest BCUT2D eigenvalue weighted by Crippen LogP contribution is -2.29. The maximum atomic E-state index is 3.24. The van der Waals surface area contributed by atoms with Crippen molar-refractivity contribution in [3.8, 4) is 0 Å². The molecule has 0 amide bonds. The van der Waals surface area contributed by atoms with Crippen LogP contribution in [0.5, 0.6) is 0 Å². The van der Waals surface area contributed by atoms with Gasteiger partial charge in [-0.1, -0.05) is 12.2 Å². The van der Waals surface area contributed by atoms with Gasteiger partial charge in [-0.25, -0.2) is 0 Å². The van der Waals surface area contributed by atoms with Gasteiger partial charge in [0.2, 0.25) is 0 Å². The fourth-order valence-electron chi connectivity index (χ4n) is 0.714. The molecule has 0 radical (unpaired) electrons. The van der Waals surface area contributed by atoms with Gasteiger partial charge < -0.3 is 10.6 Å². The van der Waals surface area contributed by atoms with Crippen LogP contribution in [0.1, 0.15) is 0 Å². The molecule has 1 heterocycles. The van der Waals surface area contributed by atoms with E-state index in [2.05, 4.69) is 22.8 Å².